The molecule has 0 radical (unpaired) electrons. The van der Waals surface area contributed by atoms with Gasteiger partial charge in [0.05, 0.1) is 6.61 Å². The minimum atomic E-state index is 0.239. The zero-order valence-electron chi connectivity index (χ0n) is 11.7. The zero-order chi connectivity index (χ0) is 15.2. The lowest BCUT2D eigenvalue weighted by Gasteiger charge is -2.07. The number of nitrogens with one attached hydrogen (secondary N) is 1. The van der Waals surface area contributed by atoms with Gasteiger partial charge in [-0.3, -0.25) is 0 Å². The van der Waals surface area contributed by atoms with Crippen molar-refractivity contribution in [1.82, 2.24) is 24.9 Å². The standard InChI is InChI=1S/C11H16N8OS/c1-3-14-8-17-9(20-4-2)19-11(18-8)21-10-15-6(12)5-7(13)16-10/h5H,3-4H2,1-2H3,(H4,12,13,15,16)(H,14,17,18,19). The lowest BCUT2D eigenvalue weighted by atomic mass is 10.5. The lowest BCUT2D eigenvalue weighted by Crippen LogP contribution is -2.07. The van der Waals surface area contributed by atoms with Crippen LogP contribution in [0.25, 0.3) is 0 Å². The summed E-state index contributed by atoms with van der Waals surface area (Å²) in [6.45, 7) is 4.94. The Morgan fingerprint density at radius 2 is 1.71 bits per heavy atom. The van der Waals surface area contributed by atoms with Gasteiger partial charge in [-0.1, -0.05) is 0 Å². The molecule has 2 heterocycles. The van der Waals surface area contributed by atoms with Crippen LogP contribution in [-0.2, 0) is 0 Å². The van der Waals surface area contributed by atoms with E-state index in [-0.39, 0.29) is 17.6 Å². The molecule has 5 N–H and O–H groups in total. The van der Waals surface area contributed by atoms with Crippen LogP contribution in [0.15, 0.2) is 16.4 Å². The van der Waals surface area contributed by atoms with Crippen LogP contribution in [0.5, 0.6) is 6.01 Å². The number of anilines is 3. The largest absolute Gasteiger partial charge is 0.464 e. The average molecular weight is 308 g/mol. The van der Waals surface area contributed by atoms with E-state index >= 15 is 0 Å². The summed E-state index contributed by atoms with van der Waals surface area (Å²) in [5.41, 5.74) is 11.3. The number of nitrogen functional groups attached to an aromatic ring is 2. The average Bonchev–Trinajstić information content (AvgIpc) is 2.37. The molecule has 0 fully saturated rings. The second-order valence-electron chi connectivity index (χ2n) is 3.79. The van der Waals surface area contributed by atoms with Crippen molar-refractivity contribution < 1.29 is 4.74 Å². The molecule has 0 aliphatic carbocycles. The van der Waals surface area contributed by atoms with Crippen LogP contribution in [0.3, 0.4) is 0 Å². The van der Waals surface area contributed by atoms with Gasteiger partial charge in [-0.15, -0.1) is 0 Å². The minimum Gasteiger partial charge on any atom is -0.464 e. The first kappa shape index (κ1) is 15.0. The number of ether oxygens (including phenoxy) is 1. The van der Waals surface area contributed by atoms with E-state index in [1.165, 1.54) is 6.07 Å². The fourth-order valence-corrected chi connectivity index (χ4v) is 2.12. The van der Waals surface area contributed by atoms with E-state index in [1.807, 2.05) is 13.8 Å². The van der Waals surface area contributed by atoms with Gasteiger partial charge in [0.1, 0.15) is 11.6 Å². The molecule has 0 bridgehead atoms. The molecule has 21 heavy (non-hydrogen) atoms. The van der Waals surface area contributed by atoms with Crippen molar-refractivity contribution in [1.29, 1.82) is 0 Å². The minimum absolute atomic E-state index is 0.239. The van der Waals surface area contributed by atoms with Crippen molar-refractivity contribution in [2.45, 2.75) is 24.2 Å². The molecule has 0 saturated carbocycles. The molecule has 112 valence electrons. The van der Waals surface area contributed by atoms with Gasteiger partial charge in [0.2, 0.25) is 11.1 Å². The third-order valence-electron chi connectivity index (χ3n) is 2.13. The quantitative estimate of drug-likeness (QED) is 0.657. The van der Waals surface area contributed by atoms with Crippen LogP contribution in [0.4, 0.5) is 17.6 Å². The highest BCUT2D eigenvalue weighted by molar-refractivity contribution is 7.99. The maximum absolute atomic E-state index is 5.63. The van der Waals surface area contributed by atoms with Gasteiger partial charge in [-0.05, 0) is 25.6 Å². The Morgan fingerprint density at radius 1 is 1.05 bits per heavy atom. The normalized spacial score (nSPS) is 10.4. The molecule has 2 aromatic rings. The molecule has 0 atom stereocenters. The van der Waals surface area contributed by atoms with Gasteiger partial charge in [-0.25, -0.2) is 9.97 Å². The van der Waals surface area contributed by atoms with Crippen LogP contribution in [0.2, 0.25) is 0 Å². The summed E-state index contributed by atoms with van der Waals surface area (Å²) in [6, 6.07) is 1.72. The second-order valence-corrected chi connectivity index (χ2v) is 4.72. The maximum atomic E-state index is 5.63. The van der Waals surface area contributed by atoms with Crippen LogP contribution >= 0.6 is 11.8 Å². The first-order valence-corrected chi connectivity index (χ1v) is 7.13. The summed E-state index contributed by atoms with van der Waals surface area (Å²) in [7, 11) is 0. The fraction of sp³-hybridized carbons (Fsp3) is 0.364. The van der Waals surface area contributed by atoms with Crippen molar-refractivity contribution >= 4 is 29.3 Å². The number of nitrogens with two attached hydrogens (primary N) is 2. The molecule has 10 heteroatoms. The third-order valence-corrected chi connectivity index (χ3v) is 2.86. The molecular weight excluding hydrogens is 292 g/mol. The summed E-state index contributed by atoms with van der Waals surface area (Å²) in [5, 5.41) is 3.77. The van der Waals surface area contributed by atoms with Crippen LogP contribution < -0.4 is 21.5 Å². The van der Waals surface area contributed by atoms with Gasteiger partial charge in [0.25, 0.3) is 0 Å². The molecule has 2 aromatic heterocycles. The van der Waals surface area contributed by atoms with Crippen LogP contribution in [0.1, 0.15) is 13.8 Å². The Bertz CT molecular complexity index is 579. The van der Waals surface area contributed by atoms with Crippen molar-refractivity contribution in [3.63, 3.8) is 0 Å². The van der Waals surface area contributed by atoms with Gasteiger partial charge < -0.3 is 21.5 Å². The Balaban J connectivity index is 2.28. The number of rotatable bonds is 6. The summed E-state index contributed by atoms with van der Waals surface area (Å²) >= 11 is 1.13. The Hall–Kier alpha value is -2.36. The fourth-order valence-electron chi connectivity index (χ4n) is 1.40. The number of hydrogen-bond donors (Lipinski definition) is 3. The number of aromatic nitrogens is 5. The SMILES string of the molecule is CCNc1nc(OCC)nc(Sc2nc(N)cc(N)n2)n1. The molecule has 0 spiro atoms. The molecule has 9 nitrogen and oxygen atoms in total. The molecular formula is C11H16N8OS. The lowest BCUT2D eigenvalue weighted by molar-refractivity contribution is 0.308. The van der Waals surface area contributed by atoms with Gasteiger partial charge in [-0.2, -0.15) is 15.0 Å². The summed E-state index contributed by atoms with van der Waals surface area (Å²) < 4.78 is 5.31. The highest BCUT2D eigenvalue weighted by Gasteiger charge is 2.11. The van der Waals surface area contributed by atoms with E-state index in [0.717, 1.165) is 11.8 Å². The number of nitrogens with zero attached hydrogens (tertiary/aromatic N) is 5. The van der Waals surface area contributed by atoms with Gasteiger partial charge >= 0.3 is 6.01 Å². The molecule has 0 aliphatic heterocycles. The van der Waals surface area contributed by atoms with E-state index in [0.29, 0.717) is 29.4 Å². The summed E-state index contributed by atoms with van der Waals surface area (Å²) in [6.07, 6.45) is 0. The van der Waals surface area contributed by atoms with Gasteiger partial charge in [0.15, 0.2) is 5.16 Å². The first-order chi connectivity index (χ1) is 10.1. The van der Waals surface area contributed by atoms with E-state index < -0.39 is 0 Å². The molecule has 0 amide bonds. The van der Waals surface area contributed by atoms with Crippen LogP contribution in [-0.4, -0.2) is 38.1 Å². The highest BCUT2D eigenvalue weighted by atomic mass is 32.2. The Labute approximate surface area is 126 Å². The molecule has 2 rings (SSSR count). The van der Waals surface area contributed by atoms with E-state index in [4.69, 9.17) is 16.2 Å². The van der Waals surface area contributed by atoms with Crippen molar-refractivity contribution in [2.24, 2.45) is 0 Å². The predicted octanol–water partition coefficient (Wildman–Crippen LogP) is 0.808. The summed E-state index contributed by atoms with van der Waals surface area (Å²) in [4.78, 5) is 20.7. The predicted molar refractivity (Wildman–Crippen MR) is 80.1 cm³/mol. The highest BCUT2D eigenvalue weighted by Crippen LogP contribution is 2.24. The van der Waals surface area contributed by atoms with Crippen molar-refractivity contribution in [2.75, 3.05) is 29.9 Å². The molecule has 0 unspecified atom stereocenters. The monoisotopic (exact) mass is 308 g/mol. The topological polar surface area (TPSA) is 138 Å². The maximum Gasteiger partial charge on any atom is 0.322 e. The van der Waals surface area contributed by atoms with Crippen LogP contribution in [0, 0.1) is 0 Å². The molecule has 0 aliphatic rings. The first-order valence-electron chi connectivity index (χ1n) is 6.31. The second kappa shape index (κ2) is 6.88. The summed E-state index contributed by atoms with van der Waals surface area (Å²) in [5.74, 6) is 1.00. The van der Waals surface area contributed by atoms with Crippen molar-refractivity contribution in [3.05, 3.63) is 6.07 Å². The molecule has 0 aromatic carbocycles. The van der Waals surface area contributed by atoms with Gasteiger partial charge in [0, 0.05) is 12.6 Å². The van der Waals surface area contributed by atoms with E-state index in [1.54, 1.807) is 0 Å². The Morgan fingerprint density at radius 3 is 2.33 bits per heavy atom. The number of hydrogen-bond acceptors (Lipinski definition) is 10. The van der Waals surface area contributed by atoms with Crippen molar-refractivity contribution in [3.8, 4) is 6.01 Å². The smallest absolute Gasteiger partial charge is 0.322 e. The Kier molecular flexibility index (Phi) is 4.93. The van der Waals surface area contributed by atoms with E-state index in [9.17, 15) is 0 Å². The zero-order valence-corrected chi connectivity index (χ0v) is 12.5. The molecule has 0 saturated heterocycles. The third kappa shape index (κ3) is 4.31. The van der Waals surface area contributed by atoms with E-state index in [2.05, 4.69) is 30.2 Å².